The molecule has 0 saturated carbocycles. The number of nitrogens with two attached hydrogens (primary N) is 1. The fraction of sp³-hybridized carbons (Fsp3) is 0.167. The Bertz CT molecular complexity index is 706. The summed E-state index contributed by atoms with van der Waals surface area (Å²) in [5.41, 5.74) is 9.82. The van der Waals surface area contributed by atoms with Crippen molar-refractivity contribution in [3.05, 3.63) is 64.7 Å². The molecule has 0 atom stereocenters. The smallest absolute Gasteiger partial charge is 0.255 e. The first-order chi connectivity index (χ1) is 10.1. The predicted octanol–water partition coefficient (Wildman–Crippen LogP) is 2.87. The molecule has 0 spiro atoms. The first-order valence-electron chi connectivity index (χ1n) is 6.78. The van der Waals surface area contributed by atoms with Gasteiger partial charge in [0, 0.05) is 16.8 Å². The van der Waals surface area contributed by atoms with Crippen LogP contribution in [0.5, 0.6) is 0 Å². The minimum atomic E-state index is -0.128. The molecule has 0 unspecified atom stereocenters. The van der Waals surface area contributed by atoms with Gasteiger partial charge in [0.1, 0.15) is 0 Å². The maximum absolute atomic E-state index is 12.2. The Morgan fingerprint density at radius 2 is 1.86 bits per heavy atom. The molecule has 3 N–H and O–H groups in total. The van der Waals surface area contributed by atoms with E-state index in [0.29, 0.717) is 12.1 Å². The quantitative estimate of drug-likeness (QED) is 0.830. The highest BCUT2D eigenvalue weighted by molar-refractivity contribution is 6.04. The Balaban J connectivity index is 2.19. The molecule has 3 nitrogen and oxygen atoms in total. The van der Waals surface area contributed by atoms with Crippen LogP contribution in [-0.4, -0.2) is 12.5 Å². The molecule has 0 aliphatic rings. The largest absolute Gasteiger partial charge is 0.322 e. The summed E-state index contributed by atoms with van der Waals surface area (Å²) in [5.74, 6) is 5.71. The normalized spacial score (nSPS) is 9.67. The van der Waals surface area contributed by atoms with E-state index < -0.39 is 0 Å². The highest BCUT2D eigenvalue weighted by Crippen LogP contribution is 2.15. The summed E-state index contributed by atoms with van der Waals surface area (Å²) < 4.78 is 0. The van der Waals surface area contributed by atoms with Crippen LogP contribution in [0.4, 0.5) is 5.69 Å². The van der Waals surface area contributed by atoms with E-state index >= 15 is 0 Å². The number of aryl methyl sites for hydroxylation is 2. The van der Waals surface area contributed by atoms with E-state index in [1.54, 1.807) is 0 Å². The average Bonchev–Trinajstić information content (AvgIpc) is 2.48. The molecule has 0 fully saturated rings. The molecule has 2 aromatic carbocycles. The number of anilines is 1. The zero-order chi connectivity index (χ0) is 15.2. The van der Waals surface area contributed by atoms with Crippen molar-refractivity contribution in [1.82, 2.24) is 0 Å². The molecule has 106 valence electrons. The Labute approximate surface area is 125 Å². The standard InChI is InChI=1S/C18H18N2O/c1-13-5-8-15(9-6-13)18(21)20-17-10-7-14(2)16(12-17)4-3-11-19/h5-10,12H,11,19H2,1-2H3,(H,20,21). The fourth-order valence-corrected chi connectivity index (χ4v) is 1.89. The van der Waals surface area contributed by atoms with Crippen molar-refractivity contribution in [3.8, 4) is 11.8 Å². The van der Waals surface area contributed by atoms with Crippen LogP contribution >= 0.6 is 0 Å². The molecule has 3 heteroatoms. The van der Waals surface area contributed by atoms with E-state index in [-0.39, 0.29) is 5.91 Å². The minimum Gasteiger partial charge on any atom is -0.322 e. The Morgan fingerprint density at radius 3 is 2.52 bits per heavy atom. The second-order valence-corrected chi connectivity index (χ2v) is 4.86. The second kappa shape index (κ2) is 6.74. The summed E-state index contributed by atoms with van der Waals surface area (Å²) in [4.78, 5) is 12.2. The SMILES string of the molecule is Cc1ccc(C(=O)Nc2ccc(C)c(C#CCN)c2)cc1. The number of benzene rings is 2. The Hall–Kier alpha value is -2.57. The van der Waals surface area contributed by atoms with Crippen molar-refractivity contribution >= 4 is 11.6 Å². The van der Waals surface area contributed by atoms with Crippen molar-refractivity contribution in [2.45, 2.75) is 13.8 Å². The van der Waals surface area contributed by atoms with Gasteiger partial charge in [0.05, 0.1) is 6.54 Å². The highest BCUT2D eigenvalue weighted by Gasteiger charge is 2.06. The Kier molecular flexibility index (Phi) is 4.76. The molecule has 0 aromatic heterocycles. The van der Waals surface area contributed by atoms with Gasteiger partial charge in [-0.25, -0.2) is 0 Å². The van der Waals surface area contributed by atoms with Gasteiger partial charge in [-0.05, 0) is 43.7 Å². The number of hydrogen-bond acceptors (Lipinski definition) is 2. The average molecular weight is 278 g/mol. The lowest BCUT2D eigenvalue weighted by Crippen LogP contribution is -2.12. The number of rotatable bonds is 2. The summed E-state index contributed by atoms with van der Waals surface area (Å²) in [5, 5.41) is 2.88. The molecular formula is C18H18N2O. The number of hydrogen-bond donors (Lipinski definition) is 2. The minimum absolute atomic E-state index is 0.128. The van der Waals surface area contributed by atoms with E-state index in [2.05, 4.69) is 17.2 Å². The molecule has 0 saturated heterocycles. The zero-order valence-electron chi connectivity index (χ0n) is 12.2. The van der Waals surface area contributed by atoms with Crippen LogP contribution in [0.2, 0.25) is 0 Å². The van der Waals surface area contributed by atoms with Crippen molar-refractivity contribution in [1.29, 1.82) is 0 Å². The highest BCUT2D eigenvalue weighted by atomic mass is 16.1. The second-order valence-electron chi connectivity index (χ2n) is 4.86. The van der Waals surface area contributed by atoms with Gasteiger partial charge in [0.25, 0.3) is 5.91 Å². The molecule has 2 rings (SSSR count). The monoisotopic (exact) mass is 278 g/mol. The first-order valence-corrected chi connectivity index (χ1v) is 6.78. The van der Waals surface area contributed by atoms with Crippen LogP contribution in [-0.2, 0) is 0 Å². The number of amides is 1. The summed E-state index contributed by atoms with van der Waals surface area (Å²) in [6, 6.07) is 13.1. The molecule has 0 aliphatic heterocycles. The van der Waals surface area contributed by atoms with Gasteiger partial charge in [0.2, 0.25) is 0 Å². The maximum Gasteiger partial charge on any atom is 0.255 e. The van der Waals surface area contributed by atoms with E-state index in [1.807, 2.05) is 56.3 Å². The van der Waals surface area contributed by atoms with E-state index in [9.17, 15) is 4.79 Å². The zero-order valence-corrected chi connectivity index (χ0v) is 12.2. The number of carbonyl (C=O) groups is 1. The van der Waals surface area contributed by atoms with E-state index in [4.69, 9.17) is 5.73 Å². The maximum atomic E-state index is 12.2. The summed E-state index contributed by atoms with van der Waals surface area (Å²) in [7, 11) is 0. The van der Waals surface area contributed by atoms with Gasteiger partial charge in [-0.2, -0.15) is 0 Å². The predicted molar refractivity (Wildman–Crippen MR) is 86.2 cm³/mol. The van der Waals surface area contributed by atoms with Crippen LogP contribution in [0.1, 0.15) is 27.0 Å². The lowest BCUT2D eigenvalue weighted by Gasteiger charge is -2.07. The van der Waals surface area contributed by atoms with Crippen molar-refractivity contribution in [2.75, 3.05) is 11.9 Å². The molecule has 0 bridgehead atoms. The number of carbonyl (C=O) groups excluding carboxylic acids is 1. The van der Waals surface area contributed by atoms with Gasteiger partial charge in [-0.3, -0.25) is 4.79 Å². The third kappa shape index (κ3) is 3.95. The summed E-state index contributed by atoms with van der Waals surface area (Å²) in [6.07, 6.45) is 0. The fourth-order valence-electron chi connectivity index (χ4n) is 1.89. The molecule has 21 heavy (non-hydrogen) atoms. The van der Waals surface area contributed by atoms with E-state index in [0.717, 1.165) is 22.4 Å². The lowest BCUT2D eigenvalue weighted by molar-refractivity contribution is 0.102. The van der Waals surface area contributed by atoms with Crippen molar-refractivity contribution in [3.63, 3.8) is 0 Å². The van der Waals surface area contributed by atoms with Gasteiger partial charge in [-0.1, -0.05) is 35.6 Å². The Morgan fingerprint density at radius 1 is 1.14 bits per heavy atom. The van der Waals surface area contributed by atoms with Crippen LogP contribution < -0.4 is 11.1 Å². The third-order valence-electron chi connectivity index (χ3n) is 3.13. The molecule has 0 heterocycles. The van der Waals surface area contributed by atoms with Gasteiger partial charge < -0.3 is 11.1 Å². The molecule has 0 aliphatic carbocycles. The molecule has 2 aromatic rings. The van der Waals surface area contributed by atoms with E-state index in [1.165, 1.54) is 0 Å². The van der Waals surface area contributed by atoms with Gasteiger partial charge in [0.15, 0.2) is 0 Å². The van der Waals surface area contributed by atoms with Crippen LogP contribution in [0.3, 0.4) is 0 Å². The van der Waals surface area contributed by atoms with Crippen LogP contribution in [0.15, 0.2) is 42.5 Å². The van der Waals surface area contributed by atoms with Gasteiger partial charge in [-0.15, -0.1) is 0 Å². The van der Waals surface area contributed by atoms with Crippen molar-refractivity contribution in [2.24, 2.45) is 5.73 Å². The topological polar surface area (TPSA) is 55.1 Å². The van der Waals surface area contributed by atoms with Gasteiger partial charge >= 0.3 is 0 Å². The number of nitrogens with one attached hydrogen (secondary N) is 1. The molecule has 1 amide bonds. The molecular weight excluding hydrogens is 260 g/mol. The third-order valence-corrected chi connectivity index (χ3v) is 3.13. The van der Waals surface area contributed by atoms with Crippen LogP contribution in [0, 0.1) is 25.7 Å². The first kappa shape index (κ1) is 14.8. The van der Waals surface area contributed by atoms with Crippen LogP contribution in [0.25, 0.3) is 0 Å². The summed E-state index contributed by atoms with van der Waals surface area (Å²) in [6.45, 7) is 4.29. The lowest BCUT2D eigenvalue weighted by atomic mass is 10.1. The summed E-state index contributed by atoms with van der Waals surface area (Å²) >= 11 is 0. The van der Waals surface area contributed by atoms with Crippen molar-refractivity contribution < 1.29 is 4.79 Å². The molecule has 0 radical (unpaired) electrons.